The van der Waals surface area contributed by atoms with Crippen LogP contribution in [0, 0.1) is 11.8 Å². The molecule has 0 aromatic heterocycles. The van der Waals surface area contributed by atoms with Gasteiger partial charge < -0.3 is 9.84 Å². The number of carbonyl (C=O) groups excluding carboxylic acids is 1. The Labute approximate surface area is 85.5 Å². The first-order valence-corrected chi connectivity index (χ1v) is 5.46. The summed E-state index contributed by atoms with van der Waals surface area (Å²) >= 11 is 0. The fraction of sp³-hybridized carbons (Fsp3) is 0.909. The van der Waals surface area contributed by atoms with Crippen LogP contribution in [0.3, 0.4) is 0 Å². The molecule has 0 spiro atoms. The number of hydrogen-bond donors (Lipinski definition) is 1. The first-order chi connectivity index (χ1) is 6.77. The molecular weight excluding hydrogens is 180 g/mol. The second kappa shape index (κ2) is 6.02. The molecule has 1 aliphatic rings. The molecule has 1 N–H and O–H groups in total. The summed E-state index contributed by atoms with van der Waals surface area (Å²) in [5.74, 6) is 0.663. The summed E-state index contributed by atoms with van der Waals surface area (Å²) in [6.45, 7) is 0.263. The fourth-order valence-corrected chi connectivity index (χ4v) is 2.31. The minimum Gasteiger partial charge on any atom is -0.469 e. The van der Waals surface area contributed by atoms with Crippen LogP contribution in [0.25, 0.3) is 0 Å². The number of esters is 1. The molecule has 2 atom stereocenters. The molecule has 0 aromatic carbocycles. The number of aliphatic hydroxyl groups excluding tert-OH is 1. The molecule has 3 heteroatoms. The molecule has 1 rings (SSSR count). The molecule has 1 saturated carbocycles. The number of rotatable bonds is 4. The third-order valence-corrected chi connectivity index (χ3v) is 3.09. The molecule has 3 nitrogen and oxygen atoms in total. The number of methoxy groups -OCH3 is 1. The van der Waals surface area contributed by atoms with Gasteiger partial charge in [-0.05, 0) is 31.6 Å². The third-order valence-electron chi connectivity index (χ3n) is 3.09. The van der Waals surface area contributed by atoms with Gasteiger partial charge in [0.2, 0.25) is 0 Å². The highest BCUT2D eigenvalue weighted by Gasteiger charge is 2.27. The second-order valence-electron chi connectivity index (χ2n) is 4.12. The molecule has 0 saturated heterocycles. The molecule has 0 aliphatic heterocycles. The van der Waals surface area contributed by atoms with Crippen LogP contribution in [-0.2, 0) is 9.53 Å². The number of carbonyl (C=O) groups is 1. The summed E-state index contributed by atoms with van der Waals surface area (Å²) in [5.41, 5.74) is 0. The van der Waals surface area contributed by atoms with Crippen molar-refractivity contribution in [3.05, 3.63) is 0 Å². The maximum Gasteiger partial charge on any atom is 0.308 e. The topological polar surface area (TPSA) is 46.5 Å². The van der Waals surface area contributed by atoms with Crippen molar-refractivity contribution in [2.75, 3.05) is 13.7 Å². The van der Waals surface area contributed by atoms with Gasteiger partial charge in [-0.25, -0.2) is 0 Å². The maximum atomic E-state index is 11.3. The van der Waals surface area contributed by atoms with E-state index >= 15 is 0 Å². The van der Waals surface area contributed by atoms with Crippen LogP contribution >= 0.6 is 0 Å². The molecule has 0 amide bonds. The highest BCUT2D eigenvalue weighted by atomic mass is 16.5. The highest BCUT2D eigenvalue weighted by molar-refractivity contribution is 5.72. The van der Waals surface area contributed by atoms with E-state index in [2.05, 4.69) is 0 Å². The van der Waals surface area contributed by atoms with Crippen LogP contribution in [0.2, 0.25) is 0 Å². The zero-order valence-corrected chi connectivity index (χ0v) is 8.87. The van der Waals surface area contributed by atoms with Crippen LogP contribution in [-0.4, -0.2) is 24.8 Å². The quantitative estimate of drug-likeness (QED) is 0.703. The zero-order valence-electron chi connectivity index (χ0n) is 8.87. The Morgan fingerprint density at radius 1 is 1.50 bits per heavy atom. The summed E-state index contributed by atoms with van der Waals surface area (Å²) in [4.78, 5) is 11.3. The van der Waals surface area contributed by atoms with E-state index in [0.717, 1.165) is 32.1 Å². The Kier molecular flexibility index (Phi) is 4.94. The van der Waals surface area contributed by atoms with Crippen LogP contribution in [0.1, 0.15) is 38.5 Å². The van der Waals surface area contributed by atoms with Gasteiger partial charge in [0.25, 0.3) is 0 Å². The van der Waals surface area contributed by atoms with E-state index in [0.29, 0.717) is 5.92 Å². The SMILES string of the molecule is COC(=O)C1CCCC(CCCO)C1. The van der Waals surface area contributed by atoms with Crippen LogP contribution < -0.4 is 0 Å². The number of ether oxygens (including phenoxy) is 1. The molecule has 0 aromatic rings. The number of aliphatic hydroxyl groups is 1. The lowest BCUT2D eigenvalue weighted by molar-refractivity contribution is -0.147. The van der Waals surface area contributed by atoms with E-state index in [1.165, 1.54) is 13.5 Å². The minimum absolute atomic E-state index is 0.0568. The summed E-state index contributed by atoms with van der Waals surface area (Å²) in [5, 5.41) is 8.73. The van der Waals surface area contributed by atoms with Crippen molar-refractivity contribution in [3.8, 4) is 0 Å². The van der Waals surface area contributed by atoms with Crippen molar-refractivity contribution in [1.82, 2.24) is 0 Å². The van der Waals surface area contributed by atoms with Crippen LogP contribution in [0.15, 0.2) is 0 Å². The number of hydrogen-bond acceptors (Lipinski definition) is 3. The van der Waals surface area contributed by atoms with E-state index in [-0.39, 0.29) is 18.5 Å². The van der Waals surface area contributed by atoms with Gasteiger partial charge in [-0.3, -0.25) is 4.79 Å². The van der Waals surface area contributed by atoms with Gasteiger partial charge in [0.05, 0.1) is 13.0 Å². The normalized spacial score (nSPS) is 27.3. The predicted molar refractivity (Wildman–Crippen MR) is 53.8 cm³/mol. The predicted octanol–water partition coefficient (Wildman–Crippen LogP) is 1.74. The Morgan fingerprint density at radius 3 is 2.93 bits per heavy atom. The van der Waals surface area contributed by atoms with Gasteiger partial charge in [0, 0.05) is 6.61 Å². The Morgan fingerprint density at radius 2 is 2.29 bits per heavy atom. The zero-order chi connectivity index (χ0) is 10.4. The summed E-state index contributed by atoms with van der Waals surface area (Å²) in [7, 11) is 1.46. The molecule has 1 aliphatic carbocycles. The van der Waals surface area contributed by atoms with Crippen molar-refractivity contribution in [2.24, 2.45) is 11.8 Å². The van der Waals surface area contributed by atoms with Gasteiger partial charge in [0.1, 0.15) is 0 Å². The lowest BCUT2D eigenvalue weighted by Gasteiger charge is -2.27. The molecule has 2 unspecified atom stereocenters. The first-order valence-electron chi connectivity index (χ1n) is 5.46. The van der Waals surface area contributed by atoms with Gasteiger partial charge in [-0.15, -0.1) is 0 Å². The summed E-state index contributed by atoms with van der Waals surface area (Å²) in [6.07, 6.45) is 6.15. The van der Waals surface area contributed by atoms with E-state index < -0.39 is 0 Å². The highest BCUT2D eigenvalue weighted by Crippen LogP contribution is 2.32. The molecule has 14 heavy (non-hydrogen) atoms. The van der Waals surface area contributed by atoms with E-state index in [1.807, 2.05) is 0 Å². The van der Waals surface area contributed by atoms with E-state index in [9.17, 15) is 4.79 Å². The molecule has 0 radical (unpaired) electrons. The Balaban J connectivity index is 2.31. The van der Waals surface area contributed by atoms with Crippen molar-refractivity contribution in [1.29, 1.82) is 0 Å². The van der Waals surface area contributed by atoms with Crippen molar-refractivity contribution in [2.45, 2.75) is 38.5 Å². The second-order valence-corrected chi connectivity index (χ2v) is 4.12. The largest absolute Gasteiger partial charge is 0.469 e. The molecular formula is C11H20O3. The Hall–Kier alpha value is -0.570. The first kappa shape index (κ1) is 11.5. The maximum absolute atomic E-state index is 11.3. The smallest absolute Gasteiger partial charge is 0.308 e. The average Bonchev–Trinajstić information content (AvgIpc) is 2.25. The van der Waals surface area contributed by atoms with Crippen molar-refractivity contribution < 1.29 is 14.6 Å². The standard InChI is InChI=1S/C11H20O3/c1-14-11(13)10-6-2-4-9(8-10)5-3-7-12/h9-10,12H,2-8H2,1H3. The van der Waals surface area contributed by atoms with Crippen molar-refractivity contribution >= 4 is 5.97 Å². The third kappa shape index (κ3) is 3.29. The van der Waals surface area contributed by atoms with Gasteiger partial charge in [-0.1, -0.05) is 12.8 Å². The van der Waals surface area contributed by atoms with E-state index in [1.54, 1.807) is 0 Å². The van der Waals surface area contributed by atoms with Crippen LogP contribution in [0.5, 0.6) is 0 Å². The summed E-state index contributed by atoms with van der Waals surface area (Å²) in [6, 6.07) is 0. The van der Waals surface area contributed by atoms with Gasteiger partial charge in [-0.2, -0.15) is 0 Å². The van der Waals surface area contributed by atoms with E-state index in [4.69, 9.17) is 9.84 Å². The van der Waals surface area contributed by atoms with Crippen molar-refractivity contribution in [3.63, 3.8) is 0 Å². The summed E-state index contributed by atoms with van der Waals surface area (Å²) < 4.78 is 4.75. The average molecular weight is 200 g/mol. The monoisotopic (exact) mass is 200 g/mol. The molecule has 0 heterocycles. The van der Waals surface area contributed by atoms with Gasteiger partial charge >= 0.3 is 5.97 Å². The van der Waals surface area contributed by atoms with Crippen LogP contribution in [0.4, 0.5) is 0 Å². The molecule has 0 bridgehead atoms. The van der Waals surface area contributed by atoms with Gasteiger partial charge in [0.15, 0.2) is 0 Å². The molecule has 1 fully saturated rings. The Bertz CT molecular complexity index is 179. The lowest BCUT2D eigenvalue weighted by atomic mass is 9.79. The lowest BCUT2D eigenvalue weighted by Crippen LogP contribution is -2.24. The fourth-order valence-electron chi connectivity index (χ4n) is 2.31. The minimum atomic E-state index is -0.0568. The molecule has 82 valence electrons.